The quantitative estimate of drug-likeness (QED) is 0.626. The second kappa shape index (κ2) is 7.37. The highest BCUT2D eigenvalue weighted by Crippen LogP contribution is 2.21. The van der Waals surface area contributed by atoms with Crippen molar-refractivity contribution in [2.75, 3.05) is 0 Å². The van der Waals surface area contributed by atoms with Gasteiger partial charge in [0.05, 0.1) is 0 Å². The Bertz CT molecular complexity index is 1070. The summed E-state index contributed by atoms with van der Waals surface area (Å²) in [4.78, 5) is 14.1. The molecule has 1 amide bonds. The fourth-order valence-electron chi connectivity index (χ4n) is 2.63. The summed E-state index contributed by atoms with van der Waals surface area (Å²) >= 11 is 0. The molecule has 8 nitrogen and oxygen atoms in total. The molecule has 0 saturated carbocycles. The minimum absolute atomic E-state index is 0.106. The molecule has 2 N–H and O–H groups in total. The van der Waals surface area contributed by atoms with Gasteiger partial charge >= 0.3 is 0 Å². The Morgan fingerprint density at radius 1 is 1.15 bits per heavy atom. The number of amides is 1. The summed E-state index contributed by atoms with van der Waals surface area (Å²) < 4.78 is 35.1. The minimum Gasteiger partial charge on any atom is -0.481 e. The third kappa shape index (κ3) is 4.09. The van der Waals surface area contributed by atoms with Crippen molar-refractivity contribution < 1.29 is 22.5 Å². The van der Waals surface area contributed by atoms with Crippen molar-refractivity contribution in [1.82, 2.24) is 15.4 Å². The number of carbonyl (C=O) groups is 1. The highest BCUT2D eigenvalue weighted by molar-refractivity contribution is 7.89. The SMILES string of the molecule is Cc1noc(C)c1S(=O)(=O)NNC(=O)[C@@H](C)Oc1ccc2ccccc2c1. The Morgan fingerprint density at radius 2 is 1.85 bits per heavy atom. The Labute approximate surface area is 156 Å². The first kappa shape index (κ1) is 18.9. The summed E-state index contributed by atoms with van der Waals surface area (Å²) in [6.45, 7) is 4.49. The van der Waals surface area contributed by atoms with E-state index >= 15 is 0 Å². The highest BCUT2D eigenvalue weighted by atomic mass is 32.2. The molecule has 0 radical (unpaired) electrons. The number of nitrogens with one attached hydrogen (secondary N) is 2. The first-order chi connectivity index (χ1) is 12.8. The maximum atomic E-state index is 12.3. The van der Waals surface area contributed by atoms with E-state index in [1.165, 1.54) is 20.8 Å². The Hall–Kier alpha value is -2.91. The normalized spacial score (nSPS) is 12.7. The average Bonchev–Trinajstić information content (AvgIpc) is 2.98. The van der Waals surface area contributed by atoms with Gasteiger partial charge in [0.2, 0.25) is 0 Å². The Kier molecular flexibility index (Phi) is 5.15. The van der Waals surface area contributed by atoms with Gasteiger partial charge in [0.15, 0.2) is 11.9 Å². The number of hydrazine groups is 1. The van der Waals surface area contributed by atoms with Gasteiger partial charge in [-0.3, -0.25) is 10.2 Å². The molecule has 1 heterocycles. The van der Waals surface area contributed by atoms with Crippen LogP contribution < -0.4 is 15.0 Å². The number of aryl methyl sites for hydroxylation is 2. The van der Waals surface area contributed by atoms with E-state index in [2.05, 4.69) is 10.6 Å². The number of rotatable bonds is 6. The Balaban J connectivity index is 1.65. The molecular formula is C18H19N3O5S. The lowest BCUT2D eigenvalue weighted by Gasteiger charge is -2.15. The number of ether oxygens (including phenoxy) is 1. The molecule has 0 aliphatic rings. The number of hydrogen-bond donors (Lipinski definition) is 2. The molecule has 1 aromatic heterocycles. The van der Waals surface area contributed by atoms with E-state index in [1.54, 1.807) is 6.07 Å². The van der Waals surface area contributed by atoms with Crippen LogP contribution >= 0.6 is 0 Å². The van der Waals surface area contributed by atoms with Crippen LogP contribution in [0.5, 0.6) is 5.75 Å². The van der Waals surface area contributed by atoms with E-state index in [9.17, 15) is 13.2 Å². The molecule has 0 bridgehead atoms. The summed E-state index contributed by atoms with van der Waals surface area (Å²) in [5, 5.41) is 5.62. The number of carbonyl (C=O) groups excluding carboxylic acids is 1. The molecule has 0 aliphatic heterocycles. The summed E-state index contributed by atoms with van der Waals surface area (Å²) in [5.74, 6) is -0.00173. The number of benzene rings is 2. The van der Waals surface area contributed by atoms with Crippen molar-refractivity contribution in [1.29, 1.82) is 0 Å². The first-order valence-electron chi connectivity index (χ1n) is 8.18. The molecule has 27 heavy (non-hydrogen) atoms. The fraction of sp³-hybridized carbons (Fsp3) is 0.222. The lowest BCUT2D eigenvalue weighted by Crippen LogP contribution is -2.47. The van der Waals surface area contributed by atoms with E-state index in [-0.39, 0.29) is 16.3 Å². The lowest BCUT2D eigenvalue weighted by molar-refractivity contribution is -0.127. The van der Waals surface area contributed by atoms with Crippen LogP contribution in [0.1, 0.15) is 18.4 Å². The molecule has 1 atom stereocenters. The number of aromatic nitrogens is 1. The third-order valence-electron chi connectivity index (χ3n) is 3.95. The van der Waals surface area contributed by atoms with Crippen molar-refractivity contribution in [2.45, 2.75) is 31.8 Å². The van der Waals surface area contributed by atoms with Gasteiger partial charge in [-0.15, -0.1) is 4.83 Å². The van der Waals surface area contributed by atoms with Crippen LogP contribution in [0.15, 0.2) is 51.9 Å². The van der Waals surface area contributed by atoms with Crippen molar-refractivity contribution >= 4 is 26.7 Å². The predicted molar refractivity (Wildman–Crippen MR) is 98.5 cm³/mol. The van der Waals surface area contributed by atoms with Crippen LogP contribution in [0.25, 0.3) is 10.8 Å². The van der Waals surface area contributed by atoms with Gasteiger partial charge in [-0.1, -0.05) is 35.5 Å². The van der Waals surface area contributed by atoms with Gasteiger partial charge in [0.1, 0.15) is 16.3 Å². The van der Waals surface area contributed by atoms with E-state index < -0.39 is 22.0 Å². The van der Waals surface area contributed by atoms with E-state index in [0.717, 1.165) is 10.8 Å². The molecule has 9 heteroatoms. The topological polar surface area (TPSA) is 111 Å². The molecule has 0 spiro atoms. The number of sulfonamides is 1. The molecule has 142 valence electrons. The van der Waals surface area contributed by atoms with Crippen LogP contribution in [0.3, 0.4) is 0 Å². The smallest absolute Gasteiger partial charge is 0.275 e. The van der Waals surface area contributed by atoms with Gasteiger partial charge in [0.25, 0.3) is 15.9 Å². The van der Waals surface area contributed by atoms with Crippen molar-refractivity contribution in [3.63, 3.8) is 0 Å². The predicted octanol–water partition coefficient (Wildman–Crippen LogP) is 2.22. The third-order valence-corrected chi connectivity index (χ3v) is 5.44. The van der Waals surface area contributed by atoms with E-state index in [4.69, 9.17) is 9.26 Å². The zero-order valence-electron chi connectivity index (χ0n) is 15.0. The van der Waals surface area contributed by atoms with Crippen LogP contribution in [0.4, 0.5) is 0 Å². The minimum atomic E-state index is -4.00. The van der Waals surface area contributed by atoms with Crippen LogP contribution in [-0.4, -0.2) is 25.6 Å². The molecule has 0 aliphatic carbocycles. The zero-order chi connectivity index (χ0) is 19.6. The molecule has 2 aromatic carbocycles. The summed E-state index contributed by atoms with van der Waals surface area (Å²) in [7, 11) is -4.00. The molecule has 3 rings (SSSR count). The number of nitrogens with zero attached hydrogens (tertiary/aromatic N) is 1. The molecule has 0 fully saturated rings. The first-order valence-corrected chi connectivity index (χ1v) is 9.66. The molecule has 0 unspecified atom stereocenters. The maximum Gasteiger partial charge on any atom is 0.275 e. The van der Waals surface area contributed by atoms with Crippen LogP contribution in [-0.2, 0) is 14.8 Å². The number of hydrogen-bond acceptors (Lipinski definition) is 6. The summed E-state index contributed by atoms with van der Waals surface area (Å²) in [5.41, 5.74) is 2.35. The molecule has 3 aromatic rings. The second-order valence-corrected chi connectivity index (χ2v) is 7.64. The van der Waals surface area contributed by atoms with Gasteiger partial charge in [0, 0.05) is 0 Å². The van der Waals surface area contributed by atoms with E-state index in [0.29, 0.717) is 5.75 Å². The van der Waals surface area contributed by atoms with Crippen molar-refractivity contribution in [3.8, 4) is 5.75 Å². The highest BCUT2D eigenvalue weighted by Gasteiger charge is 2.25. The Morgan fingerprint density at radius 3 is 2.52 bits per heavy atom. The zero-order valence-corrected chi connectivity index (χ0v) is 15.8. The second-order valence-electron chi connectivity index (χ2n) is 6.02. The fourth-order valence-corrected chi connectivity index (χ4v) is 3.81. The maximum absolute atomic E-state index is 12.3. The molecule has 0 saturated heterocycles. The van der Waals surface area contributed by atoms with Gasteiger partial charge in [-0.2, -0.15) is 0 Å². The van der Waals surface area contributed by atoms with Crippen molar-refractivity contribution in [3.05, 3.63) is 53.9 Å². The lowest BCUT2D eigenvalue weighted by atomic mass is 10.1. The van der Waals surface area contributed by atoms with E-state index in [1.807, 2.05) is 41.2 Å². The summed E-state index contributed by atoms with van der Waals surface area (Å²) in [6.07, 6.45) is -0.918. The average molecular weight is 389 g/mol. The monoisotopic (exact) mass is 389 g/mol. The van der Waals surface area contributed by atoms with Crippen molar-refractivity contribution in [2.24, 2.45) is 0 Å². The van der Waals surface area contributed by atoms with Crippen LogP contribution in [0.2, 0.25) is 0 Å². The largest absolute Gasteiger partial charge is 0.481 e. The van der Waals surface area contributed by atoms with Gasteiger partial charge in [-0.05, 0) is 43.7 Å². The van der Waals surface area contributed by atoms with Crippen LogP contribution in [0, 0.1) is 13.8 Å². The van der Waals surface area contributed by atoms with Gasteiger partial charge < -0.3 is 9.26 Å². The summed E-state index contributed by atoms with van der Waals surface area (Å²) in [6, 6.07) is 13.2. The number of fused-ring (bicyclic) bond motifs is 1. The van der Waals surface area contributed by atoms with Gasteiger partial charge in [-0.25, -0.2) is 8.42 Å². The molecular weight excluding hydrogens is 370 g/mol. The standard InChI is InChI=1S/C18H19N3O5S/c1-11-17(12(2)26-20-11)27(23,24)21-19-18(22)13(3)25-16-9-8-14-6-4-5-7-15(14)10-16/h4-10,13,21H,1-3H3,(H,19,22)/t13-/m1/s1.